The molecule has 6 saturated carbocycles. The Hall–Kier alpha value is 0. The molecule has 0 radical (unpaired) electrons. The highest BCUT2D eigenvalue weighted by molar-refractivity contribution is 5.12. The molecule has 6 aliphatic carbocycles. The second kappa shape index (κ2) is 4.26. The molecule has 6 fully saturated rings. The third-order valence-corrected chi connectivity index (χ3v) is 9.43. The van der Waals surface area contributed by atoms with Gasteiger partial charge in [-0.3, -0.25) is 0 Å². The van der Waals surface area contributed by atoms with Gasteiger partial charge in [0.1, 0.15) is 0 Å². The third kappa shape index (κ3) is 1.60. The minimum absolute atomic E-state index is 0.787. The minimum atomic E-state index is 0.787. The molecule has 114 valence electrons. The smallest absolute Gasteiger partial charge is 0.0240 e. The van der Waals surface area contributed by atoms with Crippen molar-refractivity contribution in [2.75, 3.05) is 0 Å². The van der Waals surface area contributed by atoms with Gasteiger partial charge in [-0.2, -0.15) is 0 Å². The van der Waals surface area contributed by atoms with Crippen molar-refractivity contribution in [3.63, 3.8) is 0 Å². The molecule has 6 aliphatic rings. The quantitative estimate of drug-likeness (QED) is 0.552. The summed E-state index contributed by atoms with van der Waals surface area (Å²) in [5.41, 5.74) is 3.16. The maximum atomic E-state index is 2.45. The van der Waals surface area contributed by atoms with Crippen LogP contribution in [0.5, 0.6) is 0 Å². The van der Waals surface area contributed by atoms with Gasteiger partial charge in [0, 0.05) is 0 Å². The van der Waals surface area contributed by atoms with Gasteiger partial charge in [-0.15, -0.1) is 0 Å². The topological polar surface area (TPSA) is 0 Å². The van der Waals surface area contributed by atoms with E-state index in [1.54, 1.807) is 77.0 Å². The van der Waals surface area contributed by atoms with Crippen LogP contribution in [-0.4, -0.2) is 0 Å². The molecule has 0 atom stereocenters. The summed E-state index contributed by atoms with van der Waals surface area (Å²) in [6.45, 7) is 4.90. The molecule has 0 unspecified atom stereocenters. The van der Waals surface area contributed by atoms with E-state index in [1.165, 1.54) is 12.8 Å². The summed E-state index contributed by atoms with van der Waals surface area (Å²) in [4.78, 5) is 0. The lowest BCUT2D eigenvalue weighted by atomic mass is 9.38. The zero-order valence-corrected chi connectivity index (χ0v) is 13.9. The maximum absolute atomic E-state index is 2.45. The molecule has 0 aliphatic heterocycles. The van der Waals surface area contributed by atoms with Crippen LogP contribution in [0, 0.1) is 21.7 Å². The fourth-order valence-electron chi connectivity index (χ4n) is 7.18. The predicted molar refractivity (Wildman–Crippen MR) is 85.7 cm³/mol. The number of hydrogen-bond acceptors (Lipinski definition) is 0. The van der Waals surface area contributed by atoms with E-state index in [2.05, 4.69) is 13.8 Å². The lowest BCUT2D eigenvalue weighted by Crippen LogP contribution is -2.56. The van der Waals surface area contributed by atoms with Crippen molar-refractivity contribution in [2.45, 2.75) is 104 Å². The van der Waals surface area contributed by atoms with Gasteiger partial charge in [0.2, 0.25) is 0 Å². The van der Waals surface area contributed by atoms with E-state index < -0.39 is 0 Å². The molecule has 0 amide bonds. The molecule has 0 aromatic carbocycles. The molecule has 20 heavy (non-hydrogen) atoms. The van der Waals surface area contributed by atoms with Crippen LogP contribution in [-0.2, 0) is 0 Å². The molecule has 0 heteroatoms. The van der Waals surface area contributed by atoms with Crippen LogP contribution < -0.4 is 0 Å². The summed E-state index contributed by atoms with van der Waals surface area (Å²) < 4.78 is 0. The van der Waals surface area contributed by atoms with E-state index in [1.807, 2.05) is 0 Å². The van der Waals surface area contributed by atoms with Gasteiger partial charge in [-0.05, 0) is 98.7 Å². The van der Waals surface area contributed by atoms with Gasteiger partial charge >= 0.3 is 0 Å². The highest BCUT2D eigenvalue weighted by atomic mass is 14.7. The summed E-state index contributed by atoms with van der Waals surface area (Å²) in [5, 5.41) is 0. The van der Waals surface area contributed by atoms with E-state index in [0.717, 1.165) is 21.7 Å². The van der Waals surface area contributed by atoms with Gasteiger partial charge in [0.25, 0.3) is 0 Å². The number of hydrogen-bond donors (Lipinski definition) is 0. The molecule has 0 aromatic heterocycles. The Morgan fingerprint density at radius 2 is 0.700 bits per heavy atom. The predicted octanol–water partition coefficient (Wildman–Crippen LogP) is 6.49. The molecule has 0 spiro atoms. The molecular weight excluding hydrogens is 240 g/mol. The fraction of sp³-hybridized carbons (Fsp3) is 1.00. The van der Waals surface area contributed by atoms with Crippen molar-refractivity contribution >= 4 is 0 Å². The molecule has 0 aromatic rings. The Morgan fingerprint density at radius 3 is 0.900 bits per heavy atom. The van der Waals surface area contributed by atoms with Gasteiger partial charge in [0.15, 0.2) is 0 Å². The van der Waals surface area contributed by atoms with Gasteiger partial charge in [-0.1, -0.05) is 26.7 Å². The first-order valence-electron chi connectivity index (χ1n) is 9.61. The standard InChI is InChI=1S/C20H34/c1-3-17-5-11-19(12-6-17,13-7-17)20-14-8-18(4-2,9-15-20)10-16-20/h3-16H2,1-2H3. The Morgan fingerprint density at radius 1 is 0.450 bits per heavy atom. The molecule has 4 bridgehead atoms. The van der Waals surface area contributed by atoms with E-state index in [-0.39, 0.29) is 0 Å². The number of rotatable bonds is 3. The first kappa shape index (κ1) is 13.6. The molecule has 0 saturated heterocycles. The zero-order chi connectivity index (χ0) is 13.9. The average molecular weight is 274 g/mol. The van der Waals surface area contributed by atoms with Crippen molar-refractivity contribution in [1.29, 1.82) is 0 Å². The lowest BCUT2D eigenvalue weighted by Gasteiger charge is -2.67. The van der Waals surface area contributed by atoms with Crippen LogP contribution in [0.2, 0.25) is 0 Å². The summed E-state index contributed by atoms with van der Waals surface area (Å²) in [6, 6.07) is 0. The van der Waals surface area contributed by atoms with E-state index in [0.29, 0.717) is 0 Å². The van der Waals surface area contributed by atoms with Gasteiger partial charge in [0.05, 0.1) is 0 Å². The van der Waals surface area contributed by atoms with E-state index in [9.17, 15) is 0 Å². The Balaban J connectivity index is 1.57. The van der Waals surface area contributed by atoms with Crippen molar-refractivity contribution in [3.8, 4) is 0 Å². The second-order valence-corrected chi connectivity index (χ2v) is 9.27. The summed E-state index contributed by atoms with van der Waals surface area (Å²) >= 11 is 0. The van der Waals surface area contributed by atoms with Gasteiger partial charge < -0.3 is 0 Å². The van der Waals surface area contributed by atoms with Crippen LogP contribution in [0.15, 0.2) is 0 Å². The largest absolute Gasteiger partial charge is 0.0649 e. The Bertz CT molecular complexity index is 304. The summed E-state index contributed by atoms with van der Waals surface area (Å²) in [6.07, 6.45) is 21.9. The van der Waals surface area contributed by atoms with Crippen LogP contribution in [0.4, 0.5) is 0 Å². The van der Waals surface area contributed by atoms with Crippen LogP contribution in [0.25, 0.3) is 0 Å². The average Bonchev–Trinajstić information content (AvgIpc) is 2.58. The Labute approximate surface area is 126 Å². The first-order valence-corrected chi connectivity index (χ1v) is 9.61. The normalized spacial score (nSPS) is 54.3. The zero-order valence-electron chi connectivity index (χ0n) is 13.9. The third-order valence-electron chi connectivity index (χ3n) is 9.43. The first-order chi connectivity index (χ1) is 9.61. The molecule has 0 nitrogen and oxygen atoms in total. The van der Waals surface area contributed by atoms with Crippen LogP contribution in [0.1, 0.15) is 104 Å². The van der Waals surface area contributed by atoms with E-state index >= 15 is 0 Å². The number of fused-ring (bicyclic) bond motifs is 6. The summed E-state index contributed by atoms with van der Waals surface area (Å²) in [5.74, 6) is 0. The summed E-state index contributed by atoms with van der Waals surface area (Å²) in [7, 11) is 0. The van der Waals surface area contributed by atoms with Crippen LogP contribution >= 0.6 is 0 Å². The SMILES string of the molecule is CCC12CCC(C34CCC(CC)(CC3)CC4)(CC1)CC2. The molecule has 6 rings (SSSR count). The Kier molecular flexibility index (Phi) is 2.91. The fourth-order valence-corrected chi connectivity index (χ4v) is 7.18. The lowest BCUT2D eigenvalue weighted by molar-refractivity contribution is -0.160. The van der Waals surface area contributed by atoms with Crippen molar-refractivity contribution in [2.24, 2.45) is 21.7 Å². The molecular formula is C20H34. The van der Waals surface area contributed by atoms with Crippen molar-refractivity contribution in [1.82, 2.24) is 0 Å². The minimum Gasteiger partial charge on any atom is -0.0649 e. The van der Waals surface area contributed by atoms with Crippen LogP contribution in [0.3, 0.4) is 0 Å². The molecule has 0 heterocycles. The second-order valence-electron chi connectivity index (χ2n) is 9.27. The van der Waals surface area contributed by atoms with Crippen molar-refractivity contribution in [3.05, 3.63) is 0 Å². The highest BCUT2D eigenvalue weighted by Crippen LogP contribution is 2.72. The maximum Gasteiger partial charge on any atom is -0.0240 e. The van der Waals surface area contributed by atoms with Gasteiger partial charge in [-0.25, -0.2) is 0 Å². The molecule has 0 N–H and O–H groups in total. The highest BCUT2D eigenvalue weighted by Gasteiger charge is 2.61. The van der Waals surface area contributed by atoms with Crippen molar-refractivity contribution < 1.29 is 0 Å². The monoisotopic (exact) mass is 274 g/mol. The van der Waals surface area contributed by atoms with E-state index in [4.69, 9.17) is 0 Å².